The van der Waals surface area contributed by atoms with Gasteiger partial charge in [-0.3, -0.25) is 14.2 Å². The van der Waals surface area contributed by atoms with Crippen LogP contribution >= 0.6 is 31.0 Å². The summed E-state index contributed by atoms with van der Waals surface area (Å²) in [5.74, 6) is -0.914. The molecule has 3 aromatic carbocycles. The van der Waals surface area contributed by atoms with E-state index in [0.29, 0.717) is 6.07 Å². The zero-order valence-corrected chi connectivity index (χ0v) is 18.9. The molecule has 0 aliphatic rings. The molecule has 3 aromatic rings. The molecule has 0 fully saturated rings. The zero-order chi connectivity index (χ0) is 25.4. The maximum Gasteiger partial charge on any atom is 0.417 e. The molecule has 0 saturated carbocycles. The molecule has 0 bridgehead atoms. The van der Waals surface area contributed by atoms with Crippen LogP contribution in [0.15, 0.2) is 60.7 Å². The minimum absolute atomic E-state index is 0.101. The van der Waals surface area contributed by atoms with Crippen LogP contribution in [0.4, 0.5) is 26.3 Å². The van der Waals surface area contributed by atoms with Gasteiger partial charge in [-0.2, -0.15) is 26.3 Å². The molecule has 0 aromatic heterocycles. The van der Waals surface area contributed by atoms with Gasteiger partial charge < -0.3 is 0 Å². The molecule has 0 saturated heterocycles. The standard InChI is InChI=1S/C22H10Cl2F6O3P/c23-14-8-4-9-15(24)18(14)19(31)11-5-1-2-10-16(11)34(33)20(32)17-12(21(25,26)27)6-3-7-13(17)22(28,29)30/h1-10H. The molecule has 34 heavy (non-hydrogen) atoms. The van der Waals surface area contributed by atoms with Gasteiger partial charge in [-0.25, -0.2) is 0 Å². The second-order valence-corrected chi connectivity index (χ2v) is 9.06. The average Bonchev–Trinajstić information content (AvgIpc) is 2.76. The van der Waals surface area contributed by atoms with E-state index >= 15 is 0 Å². The summed E-state index contributed by atoms with van der Waals surface area (Å²) < 4.78 is 93.9. The van der Waals surface area contributed by atoms with E-state index in [-0.39, 0.29) is 27.7 Å². The maximum atomic E-state index is 13.5. The summed E-state index contributed by atoms with van der Waals surface area (Å²) in [5, 5.41) is -0.764. The van der Waals surface area contributed by atoms with Crippen molar-refractivity contribution in [3.63, 3.8) is 0 Å². The molecule has 0 aliphatic heterocycles. The summed E-state index contributed by atoms with van der Waals surface area (Å²) >= 11 is 12.0. The lowest BCUT2D eigenvalue weighted by Gasteiger charge is -2.18. The molecule has 1 unspecified atom stereocenters. The average molecular weight is 538 g/mol. The first-order chi connectivity index (χ1) is 15.7. The second kappa shape index (κ2) is 9.49. The number of carbonyl (C=O) groups excluding carboxylic acids is 2. The lowest BCUT2D eigenvalue weighted by atomic mass is 10.0. The molecule has 3 nitrogen and oxygen atoms in total. The van der Waals surface area contributed by atoms with Crippen molar-refractivity contribution in [2.24, 2.45) is 0 Å². The van der Waals surface area contributed by atoms with Crippen LogP contribution in [0, 0.1) is 0 Å². The number of ketones is 1. The highest BCUT2D eigenvalue weighted by atomic mass is 35.5. The predicted molar refractivity (Wildman–Crippen MR) is 114 cm³/mol. The normalized spacial score (nSPS) is 12.4. The van der Waals surface area contributed by atoms with Crippen molar-refractivity contribution in [1.29, 1.82) is 0 Å². The smallest absolute Gasteiger partial charge is 0.288 e. The van der Waals surface area contributed by atoms with Gasteiger partial charge in [0.05, 0.1) is 37.6 Å². The van der Waals surface area contributed by atoms with Gasteiger partial charge >= 0.3 is 12.4 Å². The SMILES string of the molecule is O=C(c1ccccc1[P](=O)C(=O)c1c(C(F)(F)F)cccc1C(F)(F)F)c1c(Cl)cccc1Cl. The predicted octanol–water partition coefficient (Wildman–Crippen LogP) is 7.56. The third-order valence-corrected chi connectivity index (χ3v) is 6.68. The molecule has 177 valence electrons. The molecule has 3 rings (SSSR count). The summed E-state index contributed by atoms with van der Waals surface area (Å²) in [6.07, 6.45) is -10.7. The van der Waals surface area contributed by atoms with E-state index < -0.39 is 59.0 Å². The van der Waals surface area contributed by atoms with Crippen LogP contribution < -0.4 is 5.30 Å². The van der Waals surface area contributed by atoms with Crippen molar-refractivity contribution in [1.82, 2.24) is 0 Å². The fourth-order valence-electron chi connectivity index (χ4n) is 3.16. The topological polar surface area (TPSA) is 51.2 Å². The Bertz CT molecular complexity index is 1270. The molecule has 1 radical (unpaired) electrons. The second-order valence-electron chi connectivity index (χ2n) is 6.77. The van der Waals surface area contributed by atoms with Crippen molar-refractivity contribution >= 4 is 47.6 Å². The Kier molecular flexibility index (Phi) is 7.22. The van der Waals surface area contributed by atoms with Crippen molar-refractivity contribution in [3.05, 3.63) is 98.5 Å². The minimum atomic E-state index is -5.34. The third kappa shape index (κ3) is 5.02. The van der Waals surface area contributed by atoms with Crippen LogP contribution in [-0.4, -0.2) is 11.3 Å². The zero-order valence-electron chi connectivity index (χ0n) is 16.5. The largest absolute Gasteiger partial charge is 0.417 e. The van der Waals surface area contributed by atoms with E-state index in [4.69, 9.17) is 23.2 Å². The number of alkyl halides is 6. The first-order valence-corrected chi connectivity index (χ1v) is 11.1. The van der Waals surface area contributed by atoms with Crippen LogP contribution in [0.2, 0.25) is 10.0 Å². The highest BCUT2D eigenvalue weighted by molar-refractivity contribution is 7.71. The van der Waals surface area contributed by atoms with Gasteiger partial charge in [0.25, 0.3) is 0 Å². The van der Waals surface area contributed by atoms with Crippen molar-refractivity contribution < 1.29 is 40.5 Å². The number of hydrogen-bond acceptors (Lipinski definition) is 3. The van der Waals surface area contributed by atoms with E-state index in [9.17, 15) is 40.5 Å². The first-order valence-electron chi connectivity index (χ1n) is 9.12. The lowest BCUT2D eigenvalue weighted by Crippen LogP contribution is -2.21. The van der Waals surface area contributed by atoms with Crippen LogP contribution in [-0.2, 0) is 16.9 Å². The fourth-order valence-corrected chi connectivity index (χ4v) is 5.01. The monoisotopic (exact) mass is 537 g/mol. The van der Waals surface area contributed by atoms with Gasteiger partial charge in [-0.1, -0.05) is 47.5 Å². The van der Waals surface area contributed by atoms with Gasteiger partial charge in [0.1, 0.15) is 0 Å². The maximum absolute atomic E-state index is 13.5. The van der Waals surface area contributed by atoms with Gasteiger partial charge in [-0.15, -0.1) is 0 Å². The molecular formula is C22H10Cl2F6O3P. The highest BCUT2D eigenvalue weighted by Gasteiger charge is 2.44. The molecule has 1 atom stereocenters. The Balaban J connectivity index is 2.19. The number of carbonyl (C=O) groups is 2. The fraction of sp³-hybridized carbons (Fsp3) is 0.0909. The molecule has 0 amide bonds. The van der Waals surface area contributed by atoms with Crippen LogP contribution in [0.5, 0.6) is 0 Å². The lowest BCUT2D eigenvalue weighted by molar-refractivity contribution is -0.143. The quantitative estimate of drug-likeness (QED) is 0.192. The van der Waals surface area contributed by atoms with Gasteiger partial charge in [0.15, 0.2) is 13.6 Å². The van der Waals surface area contributed by atoms with Crippen LogP contribution in [0.25, 0.3) is 0 Å². The van der Waals surface area contributed by atoms with Crippen molar-refractivity contribution in [2.45, 2.75) is 12.4 Å². The molecule has 12 heteroatoms. The summed E-state index contributed by atoms with van der Waals surface area (Å²) in [7, 11) is -3.60. The van der Waals surface area contributed by atoms with E-state index in [0.717, 1.165) is 12.1 Å². The molecule has 0 spiro atoms. The first kappa shape index (κ1) is 25.9. The molecule has 0 N–H and O–H groups in total. The minimum Gasteiger partial charge on any atom is -0.288 e. The molecular weight excluding hydrogens is 528 g/mol. The Hall–Kier alpha value is -2.74. The van der Waals surface area contributed by atoms with Gasteiger partial charge in [0.2, 0.25) is 5.52 Å². The van der Waals surface area contributed by atoms with E-state index in [1.165, 1.54) is 30.3 Å². The van der Waals surface area contributed by atoms with E-state index in [1.807, 2.05) is 0 Å². The Morgan fingerprint density at radius 2 is 1.15 bits per heavy atom. The van der Waals surface area contributed by atoms with Crippen molar-refractivity contribution in [3.8, 4) is 0 Å². The molecule has 0 aliphatic carbocycles. The van der Waals surface area contributed by atoms with Crippen LogP contribution in [0.3, 0.4) is 0 Å². The summed E-state index contributed by atoms with van der Waals surface area (Å²) in [6.45, 7) is 0. The Labute approximate surface area is 199 Å². The van der Waals surface area contributed by atoms with Crippen molar-refractivity contribution in [2.75, 3.05) is 0 Å². The Morgan fingerprint density at radius 1 is 0.676 bits per heavy atom. The number of rotatable bonds is 5. The highest BCUT2D eigenvalue weighted by Crippen LogP contribution is 2.43. The van der Waals surface area contributed by atoms with E-state index in [1.54, 1.807) is 0 Å². The number of halogens is 8. The van der Waals surface area contributed by atoms with E-state index in [2.05, 4.69) is 0 Å². The Morgan fingerprint density at radius 3 is 1.65 bits per heavy atom. The van der Waals surface area contributed by atoms with Gasteiger partial charge in [-0.05, 0) is 36.4 Å². The summed E-state index contributed by atoms with van der Waals surface area (Å²) in [6, 6.07) is 9.78. The molecule has 0 heterocycles. The van der Waals surface area contributed by atoms with Crippen LogP contribution in [0.1, 0.15) is 37.4 Å². The third-order valence-electron chi connectivity index (χ3n) is 4.63. The summed E-state index contributed by atoms with van der Waals surface area (Å²) in [5.41, 5.74) is -8.16. The number of benzene rings is 3. The summed E-state index contributed by atoms with van der Waals surface area (Å²) in [4.78, 5) is 25.9. The number of hydrogen-bond donors (Lipinski definition) is 0. The van der Waals surface area contributed by atoms with Gasteiger partial charge in [0, 0.05) is 5.56 Å².